The van der Waals surface area contributed by atoms with Crippen molar-refractivity contribution in [3.63, 3.8) is 0 Å². The molecule has 0 unspecified atom stereocenters. The number of anilines is 2. The molecule has 0 amide bonds. The lowest BCUT2D eigenvalue weighted by molar-refractivity contribution is -0.0705. The first-order valence-electron chi connectivity index (χ1n) is 12.0. The highest BCUT2D eigenvalue weighted by molar-refractivity contribution is 5.87. The maximum Gasteiger partial charge on any atom is 0.244 e. The van der Waals surface area contributed by atoms with Gasteiger partial charge in [0.15, 0.2) is 0 Å². The van der Waals surface area contributed by atoms with Crippen LogP contribution in [0.4, 0.5) is 21.7 Å². The van der Waals surface area contributed by atoms with Crippen LogP contribution < -0.4 is 15.4 Å². The monoisotopic (exact) mass is 482 g/mol. The van der Waals surface area contributed by atoms with Crippen molar-refractivity contribution in [2.24, 2.45) is 5.11 Å². The molecule has 4 heterocycles. The Hall–Kier alpha value is -3.31. The number of fused-ring (bicyclic) bond motifs is 1. The van der Waals surface area contributed by atoms with E-state index in [0.29, 0.717) is 35.3 Å². The summed E-state index contributed by atoms with van der Waals surface area (Å²) in [6.45, 7) is 5.39. The van der Waals surface area contributed by atoms with Crippen LogP contribution in [0.1, 0.15) is 19.8 Å². The zero-order chi connectivity index (χ0) is 24.4. The second-order valence-electron chi connectivity index (χ2n) is 9.12. The second-order valence-corrected chi connectivity index (χ2v) is 9.12. The molecule has 0 bridgehead atoms. The van der Waals surface area contributed by atoms with Crippen LogP contribution in [0.15, 0.2) is 35.6 Å². The van der Waals surface area contributed by atoms with Crippen molar-refractivity contribution >= 4 is 22.8 Å². The largest absolute Gasteiger partial charge is 0.479 e. The molecule has 1 atom stereocenters. The third-order valence-electron chi connectivity index (χ3n) is 6.67. The van der Waals surface area contributed by atoms with E-state index in [1.54, 1.807) is 17.7 Å². The summed E-state index contributed by atoms with van der Waals surface area (Å²) in [6.07, 6.45) is 2.90. The van der Waals surface area contributed by atoms with Gasteiger partial charge in [-0.15, -0.1) is 5.10 Å². The second kappa shape index (κ2) is 10.1. The van der Waals surface area contributed by atoms with E-state index >= 15 is 0 Å². The summed E-state index contributed by atoms with van der Waals surface area (Å²) in [6, 6.07) is 8.29. The molecule has 10 nitrogen and oxygen atoms in total. The molecule has 5 rings (SSSR count). The van der Waals surface area contributed by atoms with Gasteiger partial charge in [-0.3, -0.25) is 4.90 Å². The SMILES string of the molecule is COc1nc(NC2CCN(C3COC3)CC2)nn2ccc(-c3ccc(N=N)c(NC[C@H](C)F)c3)c12. The summed E-state index contributed by atoms with van der Waals surface area (Å²) in [7, 11) is 1.60. The molecule has 0 spiro atoms. The maximum absolute atomic E-state index is 13.4. The first kappa shape index (κ1) is 23.4. The summed E-state index contributed by atoms with van der Waals surface area (Å²) >= 11 is 0. The molecule has 3 aromatic rings. The number of nitrogens with zero attached hydrogens (tertiary/aromatic N) is 5. The van der Waals surface area contributed by atoms with Gasteiger partial charge in [0, 0.05) is 37.4 Å². The predicted octanol–water partition coefficient (Wildman–Crippen LogP) is 4.11. The van der Waals surface area contributed by atoms with Crippen molar-refractivity contribution in [2.75, 3.05) is 50.6 Å². The summed E-state index contributed by atoms with van der Waals surface area (Å²) in [4.78, 5) is 7.16. The number of hydrogen-bond acceptors (Lipinski definition) is 9. The fraction of sp³-hybridized carbons (Fsp3) is 0.500. The van der Waals surface area contributed by atoms with Crippen LogP contribution in [0.5, 0.6) is 5.88 Å². The molecule has 1 aromatic carbocycles. The van der Waals surface area contributed by atoms with Crippen molar-refractivity contribution in [1.29, 1.82) is 5.53 Å². The summed E-state index contributed by atoms with van der Waals surface area (Å²) in [5, 5.41) is 14.8. The van der Waals surface area contributed by atoms with Gasteiger partial charge >= 0.3 is 0 Å². The molecule has 2 aliphatic heterocycles. The number of nitrogens with one attached hydrogen (secondary N) is 3. The van der Waals surface area contributed by atoms with E-state index in [1.807, 2.05) is 24.4 Å². The number of rotatable bonds is 9. The van der Waals surface area contributed by atoms with Crippen molar-refractivity contribution in [1.82, 2.24) is 19.5 Å². The normalized spacial score (nSPS) is 18.3. The van der Waals surface area contributed by atoms with Gasteiger partial charge in [0.05, 0.1) is 32.1 Å². The Labute approximate surface area is 203 Å². The number of likely N-dealkylation sites (tertiary alicyclic amines) is 1. The lowest BCUT2D eigenvalue weighted by Crippen LogP contribution is -2.53. The number of piperidine rings is 1. The standard InChI is InChI=1S/C24H31FN8O2/c1-15(25)12-27-21-11-16(3-4-20(21)30-26)19-7-10-33-22(19)23(34-2)29-24(31-33)28-17-5-8-32(9-6-17)18-13-35-14-18/h3-4,7,10-11,15,17-18,26-27H,5-6,8-9,12-14H2,1-2H3,(H,28,31)/t15-/m0/s1. The van der Waals surface area contributed by atoms with E-state index < -0.39 is 6.17 Å². The Kier molecular flexibility index (Phi) is 6.78. The average molecular weight is 483 g/mol. The lowest BCUT2D eigenvalue weighted by Gasteiger charge is -2.41. The van der Waals surface area contributed by atoms with Crippen LogP contribution >= 0.6 is 0 Å². The Balaban J connectivity index is 1.38. The van der Waals surface area contributed by atoms with E-state index in [2.05, 4.69) is 30.7 Å². The molecule has 0 radical (unpaired) electrons. The Morgan fingerprint density at radius 2 is 2.09 bits per heavy atom. The minimum atomic E-state index is -1.02. The zero-order valence-electron chi connectivity index (χ0n) is 20.0. The quantitative estimate of drug-likeness (QED) is 0.394. The molecule has 0 saturated carbocycles. The topological polar surface area (TPSA) is 112 Å². The van der Waals surface area contributed by atoms with Crippen LogP contribution in [-0.4, -0.2) is 77.7 Å². The van der Waals surface area contributed by atoms with E-state index in [-0.39, 0.29) is 6.54 Å². The highest BCUT2D eigenvalue weighted by Gasteiger charge is 2.30. The van der Waals surface area contributed by atoms with Crippen molar-refractivity contribution in [2.45, 2.75) is 38.0 Å². The Bertz CT molecular complexity index is 1190. The first-order valence-corrected chi connectivity index (χ1v) is 12.0. The van der Waals surface area contributed by atoms with Gasteiger partial charge in [-0.1, -0.05) is 6.07 Å². The fourth-order valence-electron chi connectivity index (χ4n) is 4.65. The third kappa shape index (κ3) is 4.92. The van der Waals surface area contributed by atoms with Gasteiger partial charge in [0.1, 0.15) is 17.4 Å². The van der Waals surface area contributed by atoms with Crippen LogP contribution in [0.25, 0.3) is 16.6 Å². The first-order chi connectivity index (χ1) is 17.1. The van der Waals surface area contributed by atoms with Crippen molar-refractivity contribution in [3.8, 4) is 17.0 Å². The van der Waals surface area contributed by atoms with E-state index in [0.717, 1.165) is 55.8 Å². The molecular formula is C24H31FN8O2. The number of ether oxygens (including phenoxy) is 2. The highest BCUT2D eigenvalue weighted by atomic mass is 19.1. The Morgan fingerprint density at radius 1 is 1.29 bits per heavy atom. The van der Waals surface area contributed by atoms with Gasteiger partial charge in [-0.25, -0.2) is 14.4 Å². The van der Waals surface area contributed by atoms with E-state index in [9.17, 15) is 4.39 Å². The molecule has 186 valence electrons. The molecule has 2 saturated heterocycles. The molecule has 2 aromatic heterocycles. The number of aromatic nitrogens is 3. The van der Waals surface area contributed by atoms with Gasteiger partial charge in [-0.2, -0.15) is 10.1 Å². The zero-order valence-corrected chi connectivity index (χ0v) is 20.0. The average Bonchev–Trinajstić information content (AvgIpc) is 3.26. The minimum Gasteiger partial charge on any atom is -0.479 e. The molecule has 2 fully saturated rings. The number of hydrogen-bond donors (Lipinski definition) is 3. The van der Waals surface area contributed by atoms with Gasteiger partial charge in [0.25, 0.3) is 0 Å². The van der Waals surface area contributed by atoms with Gasteiger partial charge < -0.3 is 20.1 Å². The van der Waals surface area contributed by atoms with Crippen LogP contribution in [0.2, 0.25) is 0 Å². The molecule has 2 aliphatic rings. The van der Waals surface area contributed by atoms with Crippen LogP contribution in [0, 0.1) is 5.53 Å². The number of halogens is 1. The van der Waals surface area contributed by atoms with E-state index in [4.69, 9.17) is 15.0 Å². The number of alkyl halides is 1. The molecular weight excluding hydrogens is 451 g/mol. The molecule has 0 aliphatic carbocycles. The summed E-state index contributed by atoms with van der Waals surface area (Å²) < 4.78 is 26.1. The molecule has 35 heavy (non-hydrogen) atoms. The smallest absolute Gasteiger partial charge is 0.244 e. The lowest BCUT2D eigenvalue weighted by atomic mass is 10.0. The fourth-order valence-corrected chi connectivity index (χ4v) is 4.65. The Morgan fingerprint density at radius 3 is 2.74 bits per heavy atom. The van der Waals surface area contributed by atoms with Crippen molar-refractivity contribution < 1.29 is 13.9 Å². The predicted molar refractivity (Wildman–Crippen MR) is 132 cm³/mol. The summed E-state index contributed by atoms with van der Waals surface area (Å²) in [5.74, 6) is 0.997. The molecule has 3 N–H and O–H groups in total. The maximum atomic E-state index is 13.4. The minimum absolute atomic E-state index is 0.136. The van der Waals surface area contributed by atoms with Crippen molar-refractivity contribution in [3.05, 3.63) is 30.5 Å². The van der Waals surface area contributed by atoms with E-state index in [1.165, 1.54) is 6.92 Å². The van der Waals surface area contributed by atoms with Gasteiger partial charge in [0.2, 0.25) is 11.8 Å². The molecule has 11 heteroatoms. The van der Waals surface area contributed by atoms with Gasteiger partial charge in [-0.05, 0) is 43.5 Å². The number of benzene rings is 1. The van der Waals surface area contributed by atoms with Crippen LogP contribution in [0.3, 0.4) is 0 Å². The summed E-state index contributed by atoms with van der Waals surface area (Å²) in [5.41, 5.74) is 10.9. The highest BCUT2D eigenvalue weighted by Crippen LogP contribution is 2.36. The van der Waals surface area contributed by atoms with Crippen LogP contribution in [-0.2, 0) is 4.74 Å². The number of methoxy groups -OCH3 is 1. The third-order valence-corrected chi connectivity index (χ3v) is 6.67.